The number of carbonyl (C=O) groups excluding carboxylic acids is 1. The Bertz CT molecular complexity index is 234. The van der Waals surface area contributed by atoms with E-state index in [2.05, 4.69) is 6.07 Å². The Labute approximate surface area is 93.1 Å². The molecular formula is C12H22N2O. The highest BCUT2D eigenvalue weighted by atomic mass is 16.2. The van der Waals surface area contributed by atoms with Gasteiger partial charge < -0.3 is 4.90 Å². The minimum atomic E-state index is -0.459. The van der Waals surface area contributed by atoms with E-state index in [-0.39, 0.29) is 5.91 Å². The minimum absolute atomic E-state index is 0.102. The number of amides is 1. The maximum Gasteiger partial charge on any atom is 0.224 e. The lowest BCUT2D eigenvalue weighted by molar-refractivity contribution is -0.132. The van der Waals surface area contributed by atoms with E-state index in [9.17, 15) is 4.79 Å². The molecule has 0 aliphatic heterocycles. The molecule has 0 spiro atoms. The molecule has 0 aromatic heterocycles. The zero-order valence-corrected chi connectivity index (χ0v) is 10.3. The summed E-state index contributed by atoms with van der Waals surface area (Å²) in [6.07, 6.45) is 1.85. The topological polar surface area (TPSA) is 44.1 Å². The quantitative estimate of drug-likeness (QED) is 0.676. The smallest absolute Gasteiger partial charge is 0.224 e. The van der Waals surface area contributed by atoms with Crippen molar-refractivity contribution in [2.45, 2.75) is 47.0 Å². The van der Waals surface area contributed by atoms with Gasteiger partial charge in [-0.2, -0.15) is 5.26 Å². The van der Waals surface area contributed by atoms with Crippen molar-refractivity contribution in [3.05, 3.63) is 0 Å². The Morgan fingerprint density at radius 3 is 1.93 bits per heavy atom. The van der Waals surface area contributed by atoms with Crippen LogP contribution in [0, 0.1) is 16.7 Å². The van der Waals surface area contributed by atoms with Crippen LogP contribution in [0.4, 0.5) is 0 Å². The Hall–Kier alpha value is -1.04. The first kappa shape index (κ1) is 14.0. The molecule has 0 aromatic rings. The fourth-order valence-corrected chi connectivity index (χ4v) is 1.68. The summed E-state index contributed by atoms with van der Waals surface area (Å²) in [6, 6.07) is 2.30. The second-order valence-corrected chi connectivity index (χ2v) is 3.84. The Morgan fingerprint density at radius 1 is 1.20 bits per heavy atom. The van der Waals surface area contributed by atoms with Gasteiger partial charge in [0.2, 0.25) is 5.91 Å². The highest BCUT2D eigenvalue weighted by Gasteiger charge is 2.30. The van der Waals surface area contributed by atoms with E-state index in [1.54, 1.807) is 4.90 Å². The van der Waals surface area contributed by atoms with Gasteiger partial charge in [0.05, 0.1) is 11.5 Å². The average Bonchev–Trinajstić information content (AvgIpc) is 2.28. The summed E-state index contributed by atoms with van der Waals surface area (Å²) in [5.41, 5.74) is -0.459. The number of rotatable bonds is 6. The van der Waals surface area contributed by atoms with Crippen LogP contribution in [0.3, 0.4) is 0 Å². The maximum absolute atomic E-state index is 11.9. The standard InChI is InChI=1S/C12H22N2O/c1-5-12(6-2,10-13)9-11(15)14(7-3)8-4/h5-9H2,1-4H3. The summed E-state index contributed by atoms with van der Waals surface area (Å²) in [7, 11) is 0. The molecule has 86 valence electrons. The number of hydrogen-bond acceptors (Lipinski definition) is 2. The summed E-state index contributed by atoms with van der Waals surface area (Å²) in [4.78, 5) is 13.7. The van der Waals surface area contributed by atoms with Gasteiger partial charge in [-0.1, -0.05) is 13.8 Å². The summed E-state index contributed by atoms with van der Waals surface area (Å²) in [6.45, 7) is 9.33. The largest absolute Gasteiger partial charge is 0.343 e. The predicted molar refractivity (Wildman–Crippen MR) is 61.2 cm³/mol. The first-order chi connectivity index (χ1) is 7.09. The molecule has 0 atom stereocenters. The highest BCUT2D eigenvalue weighted by Crippen LogP contribution is 2.30. The average molecular weight is 210 g/mol. The SMILES string of the molecule is CCN(CC)C(=O)CC(C#N)(CC)CC. The Balaban J connectivity index is 4.56. The molecule has 0 saturated carbocycles. The lowest BCUT2D eigenvalue weighted by Crippen LogP contribution is -2.35. The van der Waals surface area contributed by atoms with Crippen molar-refractivity contribution < 1.29 is 4.79 Å². The van der Waals surface area contributed by atoms with E-state index >= 15 is 0 Å². The summed E-state index contributed by atoms with van der Waals surface area (Å²) in [5, 5.41) is 9.13. The van der Waals surface area contributed by atoms with Gasteiger partial charge in [0.15, 0.2) is 0 Å². The van der Waals surface area contributed by atoms with E-state index < -0.39 is 5.41 Å². The molecule has 0 aliphatic rings. The van der Waals surface area contributed by atoms with E-state index in [0.29, 0.717) is 6.42 Å². The van der Waals surface area contributed by atoms with Crippen LogP contribution in [0.5, 0.6) is 0 Å². The van der Waals surface area contributed by atoms with Crippen LogP contribution in [0.2, 0.25) is 0 Å². The lowest BCUT2D eigenvalue weighted by atomic mass is 9.80. The number of hydrogen-bond donors (Lipinski definition) is 0. The van der Waals surface area contributed by atoms with Gasteiger partial charge in [0.1, 0.15) is 0 Å². The molecule has 0 fully saturated rings. The summed E-state index contributed by atoms with van der Waals surface area (Å²) in [5.74, 6) is 0.102. The zero-order valence-electron chi connectivity index (χ0n) is 10.3. The van der Waals surface area contributed by atoms with E-state index in [4.69, 9.17) is 5.26 Å². The van der Waals surface area contributed by atoms with Crippen LogP contribution in [-0.2, 0) is 4.79 Å². The maximum atomic E-state index is 11.9. The van der Waals surface area contributed by atoms with Crippen molar-refractivity contribution in [2.75, 3.05) is 13.1 Å². The van der Waals surface area contributed by atoms with Crippen molar-refractivity contribution in [1.82, 2.24) is 4.90 Å². The molecule has 0 N–H and O–H groups in total. The van der Waals surface area contributed by atoms with Crippen LogP contribution in [0.15, 0.2) is 0 Å². The molecule has 3 heteroatoms. The third-order valence-electron chi connectivity index (χ3n) is 3.20. The number of carbonyl (C=O) groups is 1. The van der Waals surface area contributed by atoms with Gasteiger partial charge in [-0.15, -0.1) is 0 Å². The third-order valence-corrected chi connectivity index (χ3v) is 3.20. The molecule has 0 bridgehead atoms. The van der Waals surface area contributed by atoms with Gasteiger partial charge in [-0.25, -0.2) is 0 Å². The predicted octanol–water partition coefficient (Wildman–Crippen LogP) is 2.57. The van der Waals surface area contributed by atoms with E-state index in [0.717, 1.165) is 25.9 Å². The van der Waals surface area contributed by atoms with Crippen LogP contribution in [0.1, 0.15) is 47.0 Å². The number of nitrogens with zero attached hydrogens (tertiary/aromatic N) is 2. The molecular weight excluding hydrogens is 188 g/mol. The van der Waals surface area contributed by atoms with Crippen molar-refractivity contribution in [2.24, 2.45) is 5.41 Å². The van der Waals surface area contributed by atoms with Crippen LogP contribution < -0.4 is 0 Å². The van der Waals surface area contributed by atoms with Gasteiger partial charge in [-0.05, 0) is 26.7 Å². The molecule has 0 heterocycles. The van der Waals surface area contributed by atoms with E-state index in [1.807, 2.05) is 27.7 Å². The molecule has 1 amide bonds. The normalized spacial score (nSPS) is 10.9. The molecule has 0 aliphatic carbocycles. The van der Waals surface area contributed by atoms with Crippen LogP contribution in [0.25, 0.3) is 0 Å². The van der Waals surface area contributed by atoms with Crippen LogP contribution in [-0.4, -0.2) is 23.9 Å². The molecule has 0 saturated heterocycles. The van der Waals surface area contributed by atoms with Gasteiger partial charge in [0.25, 0.3) is 0 Å². The summed E-state index contributed by atoms with van der Waals surface area (Å²) < 4.78 is 0. The second-order valence-electron chi connectivity index (χ2n) is 3.84. The lowest BCUT2D eigenvalue weighted by Gasteiger charge is -2.26. The first-order valence-corrected chi connectivity index (χ1v) is 5.78. The molecule has 3 nitrogen and oxygen atoms in total. The fraction of sp³-hybridized carbons (Fsp3) is 0.833. The van der Waals surface area contributed by atoms with Crippen LogP contribution >= 0.6 is 0 Å². The van der Waals surface area contributed by atoms with Crippen molar-refractivity contribution in [3.63, 3.8) is 0 Å². The Kier molecular flexibility index (Phi) is 6.00. The minimum Gasteiger partial charge on any atom is -0.343 e. The van der Waals surface area contributed by atoms with Crippen molar-refractivity contribution in [1.29, 1.82) is 5.26 Å². The molecule has 0 aromatic carbocycles. The molecule has 15 heavy (non-hydrogen) atoms. The van der Waals surface area contributed by atoms with Gasteiger partial charge >= 0.3 is 0 Å². The molecule has 0 radical (unpaired) electrons. The Morgan fingerprint density at radius 2 is 1.67 bits per heavy atom. The third kappa shape index (κ3) is 3.54. The van der Waals surface area contributed by atoms with E-state index in [1.165, 1.54) is 0 Å². The van der Waals surface area contributed by atoms with Gasteiger partial charge in [0, 0.05) is 19.5 Å². The second kappa shape index (κ2) is 6.44. The zero-order chi connectivity index (χ0) is 11.9. The van der Waals surface area contributed by atoms with Crippen molar-refractivity contribution >= 4 is 5.91 Å². The highest BCUT2D eigenvalue weighted by molar-refractivity contribution is 5.77. The number of nitriles is 1. The summed E-state index contributed by atoms with van der Waals surface area (Å²) >= 11 is 0. The van der Waals surface area contributed by atoms with Crippen molar-refractivity contribution in [3.8, 4) is 6.07 Å². The monoisotopic (exact) mass is 210 g/mol. The first-order valence-electron chi connectivity index (χ1n) is 5.78. The fourth-order valence-electron chi connectivity index (χ4n) is 1.68. The molecule has 0 rings (SSSR count). The van der Waals surface area contributed by atoms with Gasteiger partial charge in [-0.3, -0.25) is 4.79 Å². The molecule has 0 unspecified atom stereocenters.